The molecule has 0 aliphatic carbocycles. The zero-order valence-electron chi connectivity index (χ0n) is 9.46. The Morgan fingerprint density at radius 1 is 1.50 bits per heavy atom. The molecule has 1 aromatic carbocycles. The normalized spacial score (nSPS) is 9.94. The molecule has 0 spiro atoms. The maximum absolute atomic E-state index is 11.3. The van der Waals surface area contributed by atoms with Gasteiger partial charge < -0.3 is 16.0 Å². The summed E-state index contributed by atoms with van der Waals surface area (Å²) in [6.45, 7) is 0.558. The third-order valence-corrected chi connectivity index (χ3v) is 2.40. The van der Waals surface area contributed by atoms with Crippen LogP contribution in [0.1, 0.15) is 6.42 Å². The number of amides is 1. The van der Waals surface area contributed by atoms with E-state index in [1.807, 2.05) is 0 Å². The molecule has 3 N–H and O–H groups in total. The number of carbonyl (C=O) groups is 1. The molecule has 5 heteroatoms. The topological polar surface area (TPSA) is 58.4 Å². The number of anilines is 2. The molecule has 0 radical (unpaired) electrons. The van der Waals surface area contributed by atoms with Crippen LogP contribution in [0.15, 0.2) is 18.2 Å². The lowest BCUT2D eigenvalue weighted by atomic mass is 10.2. The summed E-state index contributed by atoms with van der Waals surface area (Å²) in [7, 11) is 3.47. The van der Waals surface area contributed by atoms with E-state index in [0.717, 1.165) is 5.69 Å². The first-order valence-corrected chi connectivity index (χ1v) is 5.37. The van der Waals surface area contributed by atoms with Gasteiger partial charge >= 0.3 is 0 Å². The molecule has 0 saturated carbocycles. The third-order valence-electron chi connectivity index (χ3n) is 2.17. The fourth-order valence-electron chi connectivity index (χ4n) is 1.22. The average Bonchev–Trinajstić information content (AvgIpc) is 2.20. The van der Waals surface area contributed by atoms with Gasteiger partial charge in [0.05, 0.1) is 11.4 Å². The maximum Gasteiger partial charge on any atom is 0.223 e. The molecule has 88 valence electrons. The summed E-state index contributed by atoms with van der Waals surface area (Å²) in [5, 5.41) is 3.70. The number of nitrogen functional groups attached to an aromatic ring is 1. The average molecular weight is 242 g/mol. The number of benzene rings is 1. The molecule has 0 bridgehead atoms. The van der Waals surface area contributed by atoms with Gasteiger partial charge in [0.25, 0.3) is 0 Å². The Kier molecular flexibility index (Phi) is 4.43. The first-order chi connectivity index (χ1) is 7.50. The Morgan fingerprint density at radius 2 is 2.19 bits per heavy atom. The SMILES string of the molecule is CN(C)C(=O)CCNc1ccc(Cl)cc1N. The Labute approximate surface area is 100 Å². The van der Waals surface area contributed by atoms with Crippen LogP contribution in [0.2, 0.25) is 5.02 Å². The summed E-state index contributed by atoms with van der Waals surface area (Å²) in [5.74, 6) is 0.0834. The second-order valence-corrected chi connectivity index (χ2v) is 4.13. The molecule has 1 aromatic rings. The van der Waals surface area contributed by atoms with Crippen LogP contribution >= 0.6 is 11.6 Å². The highest BCUT2D eigenvalue weighted by Crippen LogP contribution is 2.22. The molecule has 0 unspecified atom stereocenters. The van der Waals surface area contributed by atoms with Crippen LogP contribution in [-0.2, 0) is 4.79 Å². The second-order valence-electron chi connectivity index (χ2n) is 3.70. The number of nitrogens with one attached hydrogen (secondary N) is 1. The summed E-state index contributed by atoms with van der Waals surface area (Å²) in [5.41, 5.74) is 7.15. The number of nitrogens with two attached hydrogens (primary N) is 1. The van der Waals surface area contributed by atoms with Gasteiger partial charge in [-0.05, 0) is 18.2 Å². The largest absolute Gasteiger partial charge is 0.397 e. The molecule has 0 heterocycles. The van der Waals surface area contributed by atoms with E-state index in [0.29, 0.717) is 23.7 Å². The lowest BCUT2D eigenvalue weighted by molar-refractivity contribution is -0.128. The number of hydrogen-bond acceptors (Lipinski definition) is 3. The number of carbonyl (C=O) groups excluding carboxylic acids is 1. The Balaban J connectivity index is 2.46. The Bertz CT molecular complexity index is 379. The molecule has 0 saturated heterocycles. The van der Waals surface area contributed by atoms with Gasteiger partial charge in [0.2, 0.25) is 5.91 Å². The van der Waals surface area contributed by atoms with Gasteiger partial charge in [-0.1, -0.05) is 11.6 Å². The number of rotatable bonds is 4. The number of nitrogens with zero attached hydrogens (tertiary/aromatic N) is 1. The van der Waals surface area contributed by atoms with Crippen LogP contribution in [0.3, 0.4) is 0 Å². The van der Waals surface area contributed by atoms with Crippen molar-refractivity contribution in [2.45, 2.75) is 6.42 Å². The zero-order valence-corrected chi connectivity index (χ0v) is 10.2. The van der Waals surface area contributed by atoms with Crippen molar-refractivity contribution in [2.75, 3.05) is 31.7 Å². The highest BCUT2D eigenvalue weighted by Gasteiger charge is 2.04. The van der Waals surface area contributed by atoms with Crippen molar-refractivity contribution in [3.05, 3.63) is 23.2 Å². The van der Waals surface area contributed by atoms with E-state index in [4.69, 9.17) is 17.3 Å². The smallest absolute Gasteiger partial charge is 0.223 e. The molecule has 1 amide bonds. The highest BCUT2D eigenvalue weighted by atomic mass is 35.5. The van der Waals surface area contributed by atoms with E-state index in [1.165, 1.54) is 0 Å². The number of halogens is 1. The van der Waals surface area contributed by atoms with E-state index >= 15 is 0 Å². The Hall–Kier alpha value is -1.42. The van der Waals surface area contributed by atoms with Gasteiger partial charge in [0.1, 0.15) is 0 Å². The van der Waals surface area contributed by atoms with E-state index < -0.39 is 0 Å². The van der Waals surface area contributed by atoms with Crippen LogP contribution in [-0.4, -0.2) is 31.4 Å². The van der Waals surface area contributed by atoms with E-state index in [1.54, 1.807) is 37.2 Å². The molecular weight excluding hydrogens is 226 g/mol. The van der Waals surface area contributed by atoms with E-state index in [2.05, 4.69) is 5.32 Å². The fourth-order valence-corrected chi connectivity index (χ4v) is 1.40. The minimum atomic E-state index is 0.0834. The van der Waals surface area contributed by atoms with Crippen LogP contribution in [0.5, 0.6) is 0 Å². The second kappa shape index (κ2) is 5.61. The van der Waals surface area contributed by atoms with Crippen molar-refractivity contribution in [1.82, 2.24) is 4.90 Å². The van der Waals surface area contributed by atoms with Gasteiger partial charge in [0, 0.05) is 32.1 Å². The monoisotopic (exact) mass is 241 g/mol. The van der Waals surface area contributed by atoms with Gasteiger partial charge in [-0.3, -0.25) is 4.79 Å². The van der Waals surface area contributed by atoms with Crippen LogP contribution in [0.4, 0.5) is 11.4 Å². The predicted octanol–water partition coefficient (Wildman–Crippen LogP) is 1.81. The van der Waals surface area contributed by atoms with Crippen molar-refractivity contribution in [3.63, 3.8) is 0 Å². The predicted molar refractivity (Wildman–Crippen MR) is 67.7 cm³/mol. The quantitative estimate of drug-likeness (QED) is 0.791. The van der Waals surface area contributed by atoms with Crippen LogP contribution < -0.4 is 11.1 Å². The summed E-state index contributed by atoms with van der Waals surface area (Å²) >= 11 is 5.77. The van der Waals surface area contributed by atoms with E-state index in [-0.39, 0.29) is 5.91 Å². The van der Waals surface area contributed by atoms with Crippen molar-refractivity contribution in [3.8, 4) is 0 Å². The first-order valence-electron chi connectivity index (χ1n) is 4.99. The molecular formula is C11H16ClN3O. The molecule has 0 atom stereocenters. The fraction of sp³-hybridized carbons (Fsp3) is 0.364. The lowest BCUT2D eigenvalue weighted by Gasteiger charge is -2.12. The lowest BCUT2D eigenvalue weighted by Crippen LogP contribution is -2.24. The first kappa shape index (κ1) is 12.6. The molecule has 0 aliphatic rings. The minimum absolute atomic E-state index is 0.0834. The Morgan fingerprint density at radius 3 is 2.75 bits per heavy atom. The third kappa shape index (κ3) is 3.62. The van der Waals surface area contributed by atoms with Gasteiger partial charge in [-0.15, -0.1) is 0 Å². The van der Waals surface area contributed by atoms with Crippen molar-refractivity contribution >= 4 is 28.9 Å². The maximum atomic E-state index is 11.3. The van der Waals surface area contributed by atoms with Crippen molar-refractivity contribution in [2.24, 2.45) is 0 Å². The molecule has 0 fully saturated rings. The summed E-state index contributed by atoms with van der Waals surface area (Å²) < 4.78 is 0. The van der Waals surface area contributed by atoms with E-state index in [9.17, 15) is 4.79 Å². The van der Waals surface area contributed by atoms with Gasteiger partial charge in [0.15, 0.2) is 0 Å². The summed E-state index contributed by atoms with van der Waals surface area (Å²) in [6.07, 6.45) is 0.440. The van der Waals surface area contributed by atoms with Crippen molar-refractivity contribution in [1.29, 1.82) is 0 Å². The van der Waals surface area contributed by atoms with Gasteiger partial charge in [-0.2, -0.15) is 0 Å². The summed E-state index contributed by atoms with van der Waals surface area (Å²) in [4.78, 5) is 12.9. The molecule has 0 aliphatic heterocycles. The van der Waals surface area contributed by atoms with Gasteiger partial charge in [-0.25, -0.2) is 0 Å². The molecule has 0 aromatic heterocycles. The zero-order chi connectivity index (χ0) is 12.1. The standard InChI is InChI=1S/C11H16ClN3O/c1-15(2)11(16)5-6-14-10-4-3-8(12)7-9(10)13/h3-4,7,14H,5-6,13H2,1-2H3. The molecule has 16 heavy (non-hydrogen) atoms. The highest BCUT2D eigenvalue weighted by molar-refractivity contribution is 6.31. The summed E-state index contributed by atoms with van der Waals surface area (Å²) in [6, 6.07) is 5.24. The van der Waals surface area contributed by atoms with Crippen LogP contribution in [0, 0.1) is 0 Å². The minimum Gasteiger partial charge on any atom is -0.397 e. The van der Waals surface area contributed by atoms with Crippen molar-refractivity contribution < 1.29 is 4.79 Å². The molecule has 4 nitrogen and oxygen atoms in total. The number of hydrogen-bond donors (Lipinski definition) is 2. The van der Waals surface area contributed by atoms with Crippen LogP contribution in [0.25, 0.3) is 0 Å². The molecule has 1 rings (SSSR count).